The maximum Gasteiger partial charge on any atom is 0.315 e. The van der Waals surface area contributed by atoms with Crippen LogP contribution < -0.4 is 10.6 Å². The monoisotopic (exact) mass is 272 g/mol. The Bertz CT molecular complexity index is 290. The Balaban J connectivity index is 1.90. The second-order valence-corrected chi connectivity index (χ2v) is 4.85. The Morgan fingerprint density at radius 1 is 1.26 bits per heavy atom. The van der Waals surface area contributed by atoms with Gasteiger partial charge in [0.25, 0.3) is 0 Å². The van der Waals surface area contributed by atoms with Crippen molar-refractivity contribution in [2.24, 2.45) is 0 Å². The van der Waals surface area contributed by atoms with E-state index in [0.29, 0.717) is 19.1 Å². The van der Waals surface area contributed by atoms with E-state index in [0.717, 1.165) is 32.3 Å². The number of amides is 2. The Labute approximate surface area is 113 Å². The number of carboxylic acid groups (broad SMARTS) is 1. The standard InChI is InChI=1S/C13H24N2O4/c1-2-19-11-8-10(9-11)15-13(18)14-7-5-3-4-6-12(16)17/h10-11H,2-9H2,1H3,(H,16,17)(H2,14,15,18). The summed E-state index contributed by atoms with van der Waals surface area (Å²) in [5.74, 6) is -0.764. The fourth-order valence-corrected chi connectivity index (χ4v) is 2.07. The van der Waals surface area contributed by atoms with E-state index < -0.39 is 5.97 Å². The van der Waals surface area contributed by atoms with Gasteiger partial charge in [0.05, 0.1) is 6.10 Å². The van der Waals surface area contributed by atoms with Crippen LogP contribution in [0.1, 0.15) is 45.4 Å². The summed E-state index contributed by atoms with van der Waals surface area (Å²) in [6.07, 6.45) is 4.57. The Hall–Kier alpha value is -1.30. The van der Waals surface area contributed by atoms with Crippen LogP contribution in [0.5, 0.6) is 0 Å². The fourth-order valence-electron chi connectivity index (χ4n) is 2.07. The van der Waals surface area contributed by atoms with Crippen LogP contribution in [0.3, 0.4) is 0 Å². The second kappa shape index (κ2) is 8.74. The highest BCUT2D eigenvalue weighted by molar-refractivity contribution is 5.74. The molecular formula is C13H24N2O4. The predicted octanol–water partition coefficient (Wildman–Crippen LogP) is 1.50. The number of hydrogen-bond donors (Lipinski definition) is 3. The molecule has 1 rings (SSSR count). The van der Waals surface area contributed by atoms with Crippen molar-refractivity contribution in [2.75, 3.05) is 13.2 Å². The molecule has 0 spiro atoms. The van der Waals surface area contributed by atoms with E-state index in [1.165, 1.54) is 0 Å². The molecule has 1 saturated carbocycles. The average molecular weight is 272 g/mol. The van der Waals surface area contributed by atoms with Crippen molar-refractivity contribution in [3.05, 3.63) is 0 Å². The van der Waals surface area contributed by atoms with Crippen molar-refractivity contribution in [3.8, 4) is 0 Å². The van der Waals surface area contributed by atoms with Gasteiger partial charge in [-0.15, -0.1) is 0 Å². The first-order valence-electron chi connectivity index (χ1n) is 6.99. The van der Waals surface area contributed by atoms with E-state index in [-0.39, 0.29) is 18.5 Å². The number of nitrogens with one attached hydrogen (secondary N) is 2. The number of carboxylic acids is 1. The van der Waals surface area contributed by atoms with Crippen LogP contribution in [-0.2, 0) is 9.53 Å². The van der Waals surface area contributed by atoms with Crippen molar-refractivity contribution >= 4 is 12.0 Å². The lowest BCUT2D eigenvalue weighted by molar-refractivity contribution is -0.137. The number of rotatable bonds is 9. The Morgan fingerprint density at radius 2 is 2.00 bits per heavy atom. The first-order chi connectivity index (χ1) is 9.11. The van der Waals surface area contributed by atoms with E-state index in [1.54, 1.807) is 0 Å². The summed E-state index contributed by atoms with van der Waals surface area (Å²) in [4.78, 5) is 21.8. The maximum atomic E-state index is 11.5. The quantitative estimate of drug-likeness (QED) is 0.555. The minimum atomic E-state index is -0.764. The smallest absolute Gasteiger partial charge is 0.315 e. The van der Waals surface area contributed by atoms with Crippen molar-refractivity contribution in [1.82, 2.24) is 10.6 Å². The van der Waals surface area contributed by atoms with E-state index in [9.17, 15) is 9.59 Å². The lowest BCUT2D eigenvalue weighted by Gasteiger charge is -2.35. The van der Waals surface area contributed by atoms with Crippen LogP contribution in [0.2, 0.25) is 0 Å². The molecule has 0 aromatic heterocycles. The van der Waals surface area contributed by atoms with Gasteiger partial charge >= 0.3 is 12.0 Å². The highest BCUT2D eigenvalue weighted by Gasteiger charge is 2.30. The molecule has 0 aliphatic heterocycles. The number of unbranched alkanes of at least 4 members (excludes halogenated alkanes) is 2. The number of urea groups is 1. The molecule has 2 amide bonds. The molecule has 0 atom stereocenters. The summed E-state index contributed by atoms with van der Waals surface area (Å²) in [5, 5.41) is 14.1. The van der Waals surface area contributed by atoms with Crippen LogP contribution in [0.4, 0.5) is 4.79 Å². The van der Waals surface area contributed by atoms with Gasteiger partial charge in [-0.05, 0) is 32.6 Å². The first kappa shape index (κ1) is 15.8. The van der Waals surface area contributed by atoms with Gasteiger partial charge in [-0.3, -0.25) is 4.79 Å². The van der Waals surface area contributed by atoms with Crippen LogP contribution in [-0.4, -0.2) is 42.4 Å². The first-order valence-corrected chi connectivity index (χ1v) is 6.99. The normalized spacial score (nSPS) is 21.5. The lowest BCUT2D eigenvalue weighted by Crippen LogP contribution is -2.51. The summed E-state index contributed by atoms with van der Waals surface area (Å²) in [6, 6.07) is 0.0849. The third-order valence-corrected chi connectivity index (χ3v) is 3.19. The van der Waals surface area contributed by atoms with Gasteiger partial charge in [-0.25, -0.2) is 4.79 Å². The minimum Gasteiger partial charge on any atom is -0.481 e. The van der Waals surface area contributed by atoms with Crippen molar-refractivity contribution in [1.29, 1.82) is 0 Å². The third-order valence-electron chi connectivity index (χ3n) is 3.19. The molecule has 19 heavy (non-hydrogen) atoms. The number of carbonyl (C=O) groups is 2. The van der Waals surface area contributed by atoms with E-state index in [4.69, 9.17) is 9.84 Å². The molecule has 0 heterocycles. The molecule has 6 heteroatoms. The van der Waals surface area contributed by atoms with Gasteiger partial charge in [-0.1, -0.05) is 6.42 Å². The fraction of sp³-hybridized carbons (Fsp3) is 0.846. The van der Waals surface area contributed by atoms with Crippen molar-refractivity contribution < 1.29 is 19.4 Å². The van der Waals surface area contributed by atoms with Crippen molar-refractivity contribution in [3.63, 3.8) is 0 Å². The molecule has 6 nitrogen and oxygen atoms in total. The van der Waals surface area contributed by atoms with Gasteiger partial charge in [0.2, 0.25) is 0 Å². The lowest BCUT2D eigenvalue weighted by atomic mass is 9.89. The topological polar surface area (TPSA) is 87.7 Å². The molecule has 0 saturated heterocycles. The van der Waals surface area contributed by atoms with Gasteiger partial charge < -0.3 is 20.5 Å². The van der Waals surface area contributed by atoms with Crippen LogP contribution in [0.25, 0.3) is 0 Å². The minimum absolute atomic E-state index is 0.141. The zero-order chi connectivity index (χ0) is 14.1. The van der Waals surface area contributed by atoms with Gasteiger partial charge in [0.15, 0.2) is 0 Å². The molecular weight excluding hydrogens is 248 g/mol. The SMILES string of the molecule is CCOC1CC(NC(=O)NCCCCCC(=O)O)C1. The molecule has 1 aliphatic rings. The zero-order valence-corrected chi connectivity index (χ0v) is 11.5. The summed E-state index contributed by atoms with van der Waals surface area (Å²) < 4.78 is 5.41. The van der Waals surface area contributed by atoms with Crippen LogP contribution in [0.15, 0.2) is 0 Å². The van der Waals surface area contributed by atoms with Gasteiger partial charge in [0.1, 0.15) is 0 Å². The molecule has 0 aromatic carbocycles. The molecule has 0 radical (unpaired) electrons. The second-order valence-electron chi connectivity index (χ2n) is 4.85. The zero-order valence-electron chi connectivity index (χ0n) is 11.5. The Morgan fingerprint density at radius 3 is 2.63 bits per heavy atom. The molecule has 0 bridgehead atoms. The molecule has 3 N–H and O–H groups in total. The molecule has 0 aromatic rings. The number of carbonyl (C=O) groups excluding carboxylic acids is 1. The number of hydrogen-bond acceptors (Lipinski definition) is 3. The number of ether oxygens (including phenoxy) is 1. The highest BCUT2D eigenvalue weighted by Crippen LogP contribution is 2.22. The summed E-state index contributed by atoms with van der Waals surface area (Å²) in [6.45, 7) is 3.28. The highest BCUT2D eigenvalue weighted by atomic mass is 16.5. The summed E-state index contributed by atoms with van der Waals surface area (Å²) in [7, 11) is 0. The molecule has 110 valence electrons. The summed E-state index contributed by atoms with van der Waals surface area (Å²) in [5.41, 5.74) is 0. The third kappa shape index (κ3) is 7.00. The summed E-state index contributed by atoms with van der Waals surface area (Å²) >= 11 is 0. The molecule has 1 aliphatic carbocycles. The average Bonchev–Trinajstić information content (AvgIpc) is 2.30. The van der Waals surface area contributed by atoms with E-state index in [2.05, 4.69) is 10.6 Å². The number of aliphatic carboxylic acids is 1. The van der Waals surface area contributed by atoms with Crippen LogP contribution in [0, 0.1) is 0 Å². The van der Waals surface area contributed by atoms with Gasteiger partial charge in [0, 0.05) is 25.6 Å². The maximum absolute atomic E-state index is 11.5. The predicted molar refractivity (Wildman–Crippen MR) is 71.1 cm³/mol. The van der Waals surface area contributed by atoms with Gasteiger partial charge in [-0.2, -0.15) is 0 Å². The molecule has 0 unspecified atom stereocenters. The molecule has 1 fully saturated rings. The van der Waals surface area contributed by atoms with Crippen molar-refractivity contribution in [2.45, 2.75) is 57.6 Å². The Kier molecular flexibility index (Phi) is 7.25. The van der Waals surface area contributed by atoms with E-state index in [1.807, 2.05) is 6.92 Å². The van der Waals surface area contributed by atoms with Crippen LogP contribution >= 0.6 is 0 Å². The largest absolute Gasteiger partial charge is 0.481 e. The van der Waals surface area contributed by atoms with E-state index >= 15 is 0 Å².